The van der Waals surface area contributed by atoms with Gasteiger partial charge in [0.05, 0.1) is 0 Å². The molecule has 0 bridgehead atoms. The summed E-state index contributed by atoms with van der Waals surface area (Å²) < 4.78 is 5.53. The molecule has 41 heavy (non-hydrogen) atoms. The highest BCUT2D eigenvalue weighted by molar-refractivity contribution is 6.29. The molecule has 0 atom stereocenters. The Morgan fingerprint density at radius 1 is 0.537 bits per heavy atom. The first-order valence-corrected chi connectivity index (χ1v) is 13.8. The van der Waals surface area contributed by atoms with E-state index in [0.717, 1.165) is 5.56 Å². The Balaban J connectivity index is 1.66. The van der Waals surface area contributed by atoms with Crippen LogP contribution in [0, 0.1) is 0 Å². The monoisotopic (exact) mass is 530 g/mol. The van der Waals surface area contributed by atoms with Crippen molar-refractivity contribution in [1.29, 1.82) is 0 Å². The normalized spacial score (nSPS) is 13.4. The molecule has 0 fully saturated rings. The van der Waals surface area contributed by atoms with Gasteiger partial charge in [0.15, 0.2) is 0 Å². The minimum Gasteiger partial charge on any atom is -0.423 e. The smallest absolute Gasteiger partial charge is 0.338 e. The van der Waals surface area contributed by atoms with Crippen molar-refractivity contribution in [3.05, 3.63) is 186 Å². The van der Waals surface area contributed by atoms with Crippen molar-refractivity contribution in [2.75, 3.05) is 0 Å². The number of benzene rings is 5. The van der Waals surface area contributed by atoms with E-state index in [-0.39, 0.29) is 5.92 Å². The minimum atomic E-state index is -0.425. The summed E-state index contributed by atoms with van der Waals surface area (Å²) in [5.41, 5.74) is 11.1. The number of ether oxygens (including phenoxy) is 1. The minimum absolute atomic E-state index is 0.0592. The molecule has 0 heterocycles. The Morgan fingerprint density at radius 3 is 1.27 bits per heavy atom. The van der Waals surface area contributed by atoms with Crippen LogP contribution in [-0.2, 0) is 4.79 Å². The number of hydrogen-bond donors (Lipinski definition) is 0. The Labute approximate surface area is 241 Å². The van der Waals surface area contributed by atoms with Crippen LogP contribution in [0.15, 0.2) is 158 Å². The SMILES string of the molecule is C=C(C)C(=O)Oc1ccc(C2C(c3ccccc3)=C(c3ccccc3)C(c3ccccc3)=C2c2ccccc2)cc1. The zero-order chi connectivity index (χ0) is 28.2. The first-order chi connectivity index (χ1) is 20.1. The van der Waals surface area contributed by atoms with Crippen LogP contribution in [0.1, 0.15) is 40.7 Å². The predicted molar refractivity (Wildman–Crippen MR) is 169 cm³/mol. The summed E-state index contributed by atoms with van der Waals surface area (Å²) in [7, 11) is 0. The van der Waals surface area contributed by atoms with E-state index >= 15 is 0 Å². The van der Waals surface area contributed by atoms with Crippen molar-refractivity contribution in [2.45, 2.75) is 12.8 Å². The van der Waals surface area contributed by atoms with Crippen LogP contribution in [0.2, 0.25) is 0 Å². The van der Waals surface area contributed by atoms with Crippen LogP contribution < -0.4 is 4.74 Å². The molecule has 0 unspecified atom stereocenters. The number of carbonyl (C=O) groups is 1. The highest BCUT2D eigenvalue weighted by Gasteiger charge is 2.37. The van der Waals surface area contributed by atoms with Gasteiger partial charge in [-0.1, -0.05) is 140 Å². The predicted octanol–water partition coefficient (Wildman–Crippen LogP) is 9.49. The van der Waals surface area contributed by atoms with Crippen LogP contribution in [0.5, 0.6) is 5.75 Å². The van der Waals surface area contributed by atoms with Crippen molar-refractivity contribution in [2.24, 2.45) is 0 Å². The molecule has 0 spiro atoms. The van der Waals surface area contributed by atoms with Crippen LogP contribution in [0.25, 0.3) is 22.3 Å². The Hall–Kier alpha value is -5.21. The fourth-order valence-electron chi connectivity index (χ4n) is 5.62. The third kappa shape index (κ3) is 5.20. The molecule has 1 aliphatic rings. The van der Waals surface area contributed by atoms with Gasteiger partial charge < -0.3 is 4.74 Å². The molecule has 0 N–H and O–H groups in total. The summed E-state index contributed by atoms with van der Waals surface area (Å²) in [6.07, 6.45) is 0. The molecule has 5 aromatic carbocycles. The highest BCUT2D eigenvalue weighted by Crippen LogP contribution is 2.58. The van der Waals surface area contributed by atoms with Crippen LogP contribution >= 0.6 is 0 Å². The maximum Gasteiger partial charge on any atom is 0.338 e. The molecule has 2 heteroatoms. The van der Waals surface area contributed by atoms with Crippen molar-refractivity contribution < 1.29 is 9.53 Å². The van der Waals surface area contributed by atoms with E-state index in [1.165, 1.54) is 44.5 Å². The van der Waals surface area contributed by atoms with E-state index in [9.17, 15) is 4.79 Å². The fraction of sp³-hybridized carbons (Fsp3) is 0.0513. The van der Waals surface area contributed by atoms with Gasteiger partial charge in [-0.15, -0.1) is 0 Å². The third-order valence-corrected chi connectivity index (χ3v) is 7.43. The summed E-state index contributed by atoms with van der Waals surface area (Å²) in [4.78, 5) is 12.2. The lowest BCUT2D eigenvalue weighted by molar-refractivity contribution is -0.130. The lowest BCUT2D eigenvalue weighted by Crippen LogP contribution is -2.08. The molecule has 198 valence electrons. The summed E-state index contributed by atoms with van der Waals surface area (Å²) in [6.45, 7) is 5.36. The number of allylic oxidation sites excluding steroid dienone is 4. The zero-order valence-electron chi connectivity index (χ0n) is 23.0. The molecule has 1 aliphatic carbocycles. The first-order valence-electron chi connectivity index (χ1n) is 13.8. The fourth-order valence-corrected chi connectivity index (χ4v) is 5.62. The van der Waals surface area contributed by atoms with Gasteiger partial charge in [-0.05, 0) is 69.2 Å². The van der Waals surface area contributed by atoms with Crippen molar-refractivity contribution in [1.82, 2.24) is 0 Å². The van der Waals surface area contributed by atoms with Gasteiger partial charge in [0.2, 0.25) is 0 Å². The lowest BCUT2D eigenvalue weighted by Gasteiger charge is -2.22. The quantitative estimate of drug-likeness (QED) is 0.119. The first kappa shape index (κ1) is 26.0. The second-order valence-electron chi connectivity index (χ2n) is 10.2. The summed E-state index contributed by atoms with van der Waals surface area (Å²) >= 11 is 0. The number of rotatable bonds is 7. The average molecular weight is 531 g/mol. The Kier molecular flexibility index (Phi) is 7.30. The second kappa shape index (κ2) is 11.5. The van der Waals surface area contributed by atoms with Gasteiger partial charge in [-0.3, -0.25) is 0 Å². The number of hydrogen-bond acceptors (Lipinski definition) is 2. The maximum atomic E-state index is 12.2. The van der Waals surface area contributed by atoms with Crippen LogP contribution in [-0.4, -0.2) is 5.97 Å². The topological polar surface area (TPSA) is 26.3 Å². The molecular weight excluding hydrogens is 500 g/mol. The molecule has 6 rings (SSSR count). The van der Waals surface area contributed by atoms with Crippen LogP contribution in [0.3, 0.4) is 0 Å². The zero-order valence-corrected chi connectivity index (χ0v) is 23.0. The van der Waals surface area contributed by atoms with E-state index in [1.807, 2.05) is 12.1 Å². The van der Waals surface area contributed by atoms with Gasteiger partial charge in [0.25, 0.3) is 0 Å². The van der Waals surface area contributed by atoms with E-state index in [1.54, 1.807) is 6.92 Å². The molecule has 0 saturated carbocycles. The molecular formula is C39H30O2. The van der Waals surface area contributed by atoms with Gasteiger partial charge in [-0.2, -0.15) is 0 Å². The van der Waals surface area contributed by atoms with Gasteiger partial charge in [0, 0.05) is 11.5 Å². The molecule has 0 radical (unpaired) electrons. The number of esters is 1. The number of carbonyl (C=O) groups excluding carboxylic acids is 1. The summed E-state index contributed by atoms with van der Waals surface area (Å²) in [5, 5.41) is 0. The van der Waals surface area contributed by atoms with Crippen LogP contribution in [0.4, 0.5) is 0 Å². The summed E-state index contributed by atoms with van der Waals surface area (Å²) in [6, 6.07) is 50.6. The van der Waals surface area contributed by atoms with Crippen molar-refractivity contribution in [3.8, 4) is 5.75 Å². The molecule has 0 aliphatic heterocycles. The average Bonchev–Trinajstić information content (AvgIpc) is 3.39. The largest absolute Gasteiger partial charge is 0.423 e. The van der Waals surface area contributed by atoms with E-state index in [0.29, 0.717) is 11.3 Å². The standard InChI is InChI=1S/C39H30O2/c1-27(2)39(40)41-33-25-23-32(24-26-33)38-36(30-19-11-5-12-20-30)34(28-15-7-3-8-16-28)35(29-17-9-4-10-18-29)37(38)31-21-13-6-14-22-31/h3-26,38H,1H2,2H3. The van der Waals surface area contributed by atoms with E-state index in [2.05, 4.69) is 140 Å². The molecule has 0 aromatic heterocycles. The second-order valence-corrected chi connectivity index (χ2v) is 10.2. The molecule has 0 amide bonds. The summed E-state index contributed by atoms with van der Waals surface area (Å²) in [5.74, 6) is 0.0176. The van der Waals surface area contributed by atoms with Gasteiger partial charge in [-0.25, -0.2) is 4.79 Å². The van der Waals surface area contributed by atoms with E-state index in [4.69, 9.17) is 4.74 Å². The van der Waals surface area contributed by atoms with E-state index < -0.39 is 5.97 Å². The Morgan fingerprint density at radius 2 is 0.902 bits per heavy atom. The van der Waals surface area contributed by atoms with Gasteiger partial charge >= 0.3 is 5.97 Å². The molecule has 5 aromatic rings. The van der Waals surface area contributed by atoms with Crippen molar-refractivity contribution >= 4 is 28.3 Å². The van der Waals surface area contributed by atoms with Gasteiger partial charge in [0.1, 0.15) is 5.75 Å². The maximum absolute atomic E-state index is 12.2. The lowest BCUT2D eigenvalue weighted by atomic mass is 9.81. The third-order valence-electron chi connectivity index (χ3n) is 7.43. The van der Waals surface area contributed by atoms with Crippen molar-refractivity contribution in [3.63, 3.8) is 0 Å². The molecule has 0 saturated heterocycles. The Bertz CT molecular complexity index is 1650. The highest BCUT2D eigenvalue weighted by atomic mass is 16.5. The molecule has 2 nitrogen and oxygen atoms in total.